The number of fused-ring (bicyclic) bond motifs is 1. The second-order valence-corrected chi connectivity index (χ2v) is 4.83. The molecule has 2 heterocycles. The van der Waals surface area contributed by atoms with Gasteiger partial charge in [-0.05, 0) is 25.1 Å². The molecule has 0 saturated heterocycles. The fourth-order valence-electron chi connectivity index (χ4n) is 2.00. The van der Waals surface area contributed by atoms with E-state index in [2.05, 4.69) is 4.98 Å². The largest absolute Gasteiger partial charge is 0.454 e. The Morgan fingerprint density at radius 3 is 2.80 bits per heavy atom. The summed E-state index contributed by atoms with van der Waals surface area (Å²) in [4.78, 5) is 14.4. The zero-order valence-corrected chi connectivity index (χ0v) is 11.2. The van der Waals surface area contributed by atoms with E-state index < -0.39 is 4.92 Å². The van der Waals surface area contributed by atoms with Gasteiger partial charge in [-0.2, -0.15) is 0 Å². The van der Waals surface area contributed by atoms with Crippen LogP contribution in [0.3, 0.4) is 0 Å². The molecule has 100 valence electrons. The van der Waals surface area contributed by atoms with Crippen molar-refractivity contribution in [2.75, 3.05) is 0 Å². The molecule has 1 aromatic carbocycles. The number of nitrogens with zero attached hydrogens (tertiary/aromatic N) is 2. The minimum absolute atomic E-state index is 0.0610. The lowest BCUT2D eigenvalue weighted by Gasteiger charge is -1.97. The minimum Gasteiger partial charge on any atom is -0.454 e. The van der Waals surface area contributed by atoms with E-state index in [9.17, 15) is 10.1 Å². The zero-order chi connectivity index (χ0) is 14.3. The Morgan fingerprint density at radius 1 is 1.25 bits per heavy atom. The minimum atomic E-state index is -0.510. The first-order valence-corrected chi connectivity index (χ1v) is 6.23. The summed E-state index contributed by atoms with van der Waals surface area (Å²) in [6, 6.07) is 10.1. The van der Waals surface area contributed by atoms with Crippen LogP contribution in [0.15, 0.2) is 40.8 Å². The molecule has 0 radical (unpaired) electrons. The molecule has 0 aliphatic carbocycles. The molecular formula is C14H9ClN2O3. The number of hydrogen-bond acceptors (Lipinski definition) is 4. The molecule has 5 nitrogen and oxygen atoms in total. The third kappa shape index (κ3) is 2.23. The SMILES string of the molecule is Cc1ccc2oc(-c3cc([N+](=O)[O-])cc(Cl)n3)cc2c1. The molecule has 0 unspecified atom stereocenters. The van der Waals surface area contributed by atoms with Gasteiger partial charge in [0.15, 0.2) is 5.76 Å². The van der Waals surface area contributed by atoms with Crippen molar-refractivity contribution in [2.45, 2.75) is 6.92 Å². The summed E-state index contributed by atoms with van der Waals surface area (Å²) >= 11 is 5.81. The molecule has 2 aromatic heterocycles. The standard InChI is InChI=1S/C14H9ClN2O3/c1-8-2-3-12-9(4-8)5-13(20-12)11-6-10(17(18)19)7-14(15)16-11/h2-7H,1H3. The summed E-state index contributed by atoms with van der Waals surface area (Å²) in [6.07, 6.45) is 0. The Bertz CT molecular complexity index is 826. The molecule has 0 N–H and O–H groups in total. The Kier molecular flexibility index (Phi) is 2.91. The highest BCUT2D eigenvalue weighted by Crippen LogP contribution is 2.30. The topological polar surface area (TPSA) is 69.2 Å². The first-order valence-electron chi connectivity index (χ1n) is 5.85. The van der Waals surface area contributed by atoms with Gasteiger partial charge in [0.2, 0.25) is 0 Å². The third-order valence-electron chi connectivity index (χ3n) is 2.91. The second kappa shape index (κ2) is 4.61. The Labute approximate surface area is 119 Å². The van der Waals surface area contributed by atoms with Gasteiger partial charge in [0.05, 0.1) is 11.0 Å². The molecule has 0 saturated carbocycles. The number of rotatable bonds is 2. The molecular weight excluding hydrogens is 280 g/mol. The van der Waals surface area contributed by atoms with Crippen molar-refractivity contribution < 1.29 is 9.34 Å². The number of hydrogen-bond donors (Lipinski definition) is 0. The van der Waals surface area contributed by atoms with Crippen LogP contribution in [0.4, 0.5) is 5.69 Å². The van der Waals surface area contributed by atoms with E-state index in [1.54, 1.807) is 6.07 Å². The van der Waals surface area contributed by atoms with Crippen molar-refractivity contribution in [3.05, 3.63) is 57.2 Å². The van der Waals surface area contributed by atoms with Gasteiger partial charge in [-0.15, -0.1) is 0 Å². The van der Waals surface area contributed by atoms with Gasteiger partial charge < -0.3 is 4.42 Å². The monoisotopic (exact) mass is 288 g/mol. The summed E-state index contributed by atoms with van der Waals surface area (Å²) in [6.45, 7) is 1.98. The van der Waals surface area contributed by atoms with Gasteiger partial charge in [-0.1, -0.05) is 23.2 Å². The molecule has 0 amide bonds. The van der Waals surface area contributed by atoms with Crippen molar-refractivity contribution in [3.63, 3.8) is 0 Å². The number of benzene rings is 1. The van der Waals surface area contributed by atoms with Crippen LogP contribution >= 0.6 is 11.6 Å². The van der Waals surface area contributed by atoms with Crippen LogP contribution in [0.1, 0.15) is 5.56 Å². The van der Waals surface area contributed by atoms with Gasteiger partial charge in [0.1, 0.15) is 16.4 Å². The van der Waals surface area contributed by atoms with E-state index in [0.717, 1.165) is 10.9 Å². The van der Waals surface area contributed by atoms with E-state index in [-0.39, 0.29) is 10.8 Å². The first kappa shape index (κ1) is 12.6. The summed E-state index contributed by atoms with van der Waals surface area (Å²) in [5.74, 6) is 0.455. The number of pyridine rings is 1. The van der Waals surface area contributed by atoms with E-state index >= 15 is 0 Å². The van der Waals surface area contributed by atoms with E-state index in [4.69, 9.17) is 16.0 Å². The molecule has 0 aliphatic rings. The summed E-state index contributed by atoms with van der Waals surface area (Å²) < 4.78 is 5.66. The molecule has 3 aromatic rings. The molecule has 3 rings (SSSR count). The molecule has 6 heteroatoms. The highest BCUT2D eigenvalue weighted by molar-refractivity contribution is 6.29. The van der Waals surface area contributed by atoms with Gasteiger partial charge in [-0.3, -0.25) is 10.1 Å². The van der Waals surface area contributed by atoms with Crippen LogP contribution in [0.5, 0.6) is 0 Å². The third-order valence-corrected chi connectivity index (χ3v) is 3.11. The number of nitro groups is 1. The van der Waals surface area contributed by atoms with Gasteiger partial charge in [0, 0.05) is 11.5 Å². The number of furan rings is 1. The smallest absolute Gasteiger partial charge is 0.274 e. The van der Waals surface area contributed by atoms with Gasteiger partial charge >= 0.3 is 0 Å². The maximum absolute atomic E-state index is 10.8. The lowest BCUT2D eigenvalue weighted by Crippen LogP contribution is -1.91. The van der Waals surface area contributed by atoms with Crippen LogP contribution < -0.4 is 0 Å². The predicted octanol–water partition coefficient (Wildman–Crippen LogP) is 4.36. The second-order valence-electron chi connectivity index (χ2n) is 4.44. The van der Waals surface area contributed by atoms with Crippen molar-refractivity contribution in [2.24, 2.45) is 0 Å². The average Bonchev–Trinajstić information content (AvgIpc) is 2.80. The maximum atomic E-state index is 10.8. The van der Waals surface area contributed by atoms with Gasteiger partial charge in [0.25, 0.3) is 5.69 Å². The van der Waals surface area contributed by atoms with Crippen molar-refractivity contribution in [1.82, 2.24) is 4.98 Å². The Hall–Kier alpha value is -2.40. The van der Waals surface area contributed by atoms with Crippen molar-refractivity contribution in [3.8, 4) is 11.5 Å². The molecule has 0 spiro atoms. The fraction of sp³-hybridized carbons (Fsp3) is 0.0714. The summed E-state index contributed by atoms with van der Waals surface area (Å²) in [7, 11) is 0. The quantitative estimate of drug-likeness (QED) is 0.399. The Morgan fingerprint density at radius 2 is 2.05 bits per heavy atom. The highest BCUT2D eigenvalue weighted by atomic mass is 35.5. The predicted molar refractivity (Wildman–Crippen MR) is 75.8 cm³/mol. The number of aromatic nitrogens is 1. The molecule has 0 aliphatic heterocycles. The number of aryl methyl sites for hydroxylation is 1. The number of halogens is 1. The van der Waals surface area contributed by atoms with Crippen molar-refractivity contribution in [1.29, 1.82) is 0 Å². The van der Waals surface area contributed by atoms with E-state index in [1.165, 1.54) is 12.1 Å². The lowest BCUT2D eigenvalue weighted by atomic mass is 10.2. The Balaban J connectivity index is 2.17. The normalized spacial score (nSPS) is 10.9. The summed E-state index contributed by atoms with van der Waals surface area (Å²) in [5, 5.41) is 11.8. The van der Waals surface area contributed by atoms with Crippen LogP contribution in [0.2, 0.25) is 5.15 Å². The van der Waals surface area contributed by atoms with Crippen LogP contribution in [-0.2, 0) is 0 Å². The summed E-state index contributed by atoms with van der Waals surface area (Å²) in [5.41, 5.74) is 2.04. The average molecular weight is 289 g/mol. The van der Waals surface area contributed by atoms with Crippen molar-refractivity contribution >= 4 is 28.3 Å². The molecule has 0 bridgehead atoms. The fourth-order valence-corrected chi connectivity index (χ4v) is 2.21. The molecule has 0 fully saturated rings. The molecule has 20 heavy (non-hydrogen) atoms. The highest BCUT2D eigenvalue weighted by Gasteiger charge is 2.14. The zero-order valence-electron chi connectivity index (χ0n) is 10.5. The van der Waals surface area contributed by atoms with Crippen LogP contribution in [0.25, 0.3) is 22.4 Å². The van der Waals surface area contributed by atoms with Gasteiger partial charge in [-0.25, -0.2) is 4.98 Å². The van der Waals surface area contributed by atoms with Crippen LogP contribution in [0, 0.1) is 17.0 Å². The van der Waals surface area contributed by atoms with Crippen LogP contribution in [-0.4, -0.2) is 9.91 Å². The molecule has 0 atom stereocenters. The maximum Gasteiger partial charge on any atom is 0.274 e. The van der Waals surface area contributed by atoms with E-state index in [0.29, 0.717) is 17.0 Å². The van der Waals surface area contributed by atoms with E-state index in [1.807, 2.05) is 25.1 Å². The lowest BCUT2D eigenvalue weighted by molar-refractivity contribution is -0.384. The first-order chi connectivity index (χ1) is 9.52.